The van der Waals surface area contributed by atoms with Crippen molar-refractivity contribution in [3.63, 3.8) is 0 Å². The molecule has 0 amide bonds. The number of nitrogens with zero attached hydrogens (tertiary/aromatic N) is 3. The first-order valence-electron chi connectivity index (χ1n) is 5.80. The van der Waals surface area contributed by atoms with Crippen molar-refractivity contribution in [1.29, 1.82) is 0 Å². The molecule has 1 unspecified atom stereocenters. The molecule has 0 aromatic carbocycles. The number of anilines is 2. The van der Waals surface area contributed by atoms with Crippen molar-refractivity contribution < 1.29 is 9.84 Å². The fourth-order valence-electron chi connectivity index (χ4n) is 2.34. The summed E-state index contributed by atoms with van der Waals surface area (Å²) in [6.07, 6.45) is 4.35. The van der Waals surface area contributed by atoms with Gasteiger partial charge in [-0.1, -0.05) is 0 Å². The van der Waals surface area contributed by atoms with E-state index in [1.807, 2.05) is 0 Å². The monoisotopic (exact) mass is 238 g/mol. The molecule has 0 saturated carbocycles. The number of nitrogens with two attached hydrogens (primary N) is 1. The molecule has 1 aliphatic rings. The molecule has 0 bridgehead atoms. The number of hydrogen-bond donors (Lipinski definition) is 2. The van der Waals surface area contributed by atoms with Crippen molar-refractivity contribution >= 4 is 11.6 Å². The van der Waals surface area contributed by atoms with E-state index in [0.29, 0.717) is 17.6 Å². The number of rotatable bonds is 4. The number of methoxy groups -OCH3 is 1. The summed E-state index contributed by atoms with van der Waals surface area (Å²) in [6.45, 7) is 1.10. The Labute approximate surface area is 100 Å². The molecular weight excluding hydrogens is 220 g/mol. The van der Waals surface area contributed by atoms with Crippen molar-refractivity contribution in [3.8, 4) is 5.75 Å². The van der Waals surface area contributed by atoms with Crippen LogP contribution >= 0.6 is 0 Å². The van der Waals surface area contributed by atoms with E-state index in [1.165, 1.54) is 6.33 Å². The smallest absolute Gasteiger partial charge is 0.204 e. The van der Waals surface area contributed by atoms with Gasteiger partial charge in [-0.05, 0) is 19.3 Å². The van der Waals surface area contributed by atoms with Gasteiger partial charge in [0.2, 0.25) is 5.75 Å². The second-order valence-corrected chi connectivity index (χ2v) is 4.12. The SMILES string of the molecule is COc1c(N)ncnc1N1CCCC1CCO. The Morgan fingerprint density at radius 3 is 3.12 bits per heavy atom. The highest BCUT2D eigenvalue weighted by Gasteiger charge is 2.28. The highest BCUT2D eigenvalue weighted by molar-refractivity contribution is 5.63. The van der Waals surface area contributed by atoms with Crippen molar-refractivity contribution in [1.82, 2.24) is 9.97 Å². The van der Waals surface area contributed by atoms with E-state index < -0.39 is 0 Å². The van der Waals surface area contributed by atoms with E-state index in [0.717, 1.165) is 31.6 Å². The highest BCUT2D eigenvalue weighted by atomic mass is 16.5. The number of ether oxygens (including phenoxy) is 1. The summed E-state index contributed by atoms with van der Waals surface area (Å²) >= 11 is 0. The molecule has 6 nitrogen and oxygen atoms in total. The second-order valence-electron chi connectivity index (χ2n) is 4.12. The van der Waals surface area contributed by atoms with Crippen LogP contribution in [0.5, 0.6) is 5.75 Å². The first kappa shape index (κ1) is 11.9. The van der Waals surface area contributed by atoms with Crippen molar-refractivity contribution in [2.75, 3.05) is 30.9 Å². The summed E-state index contributed by atoms with van der Waals surface area (Å²) in [5, 5.41) is 9.06. The molecule has 0 aliphatic carbocycles. The molecule has 2 heterocycles. The van der Waals surface area contributed by atoms with Crippen LogP contribution in [0.2, 0.25) is 0 Å². The molecule has 6 heteroatoms. The van der Waals surface area contributed by atoms with Crippen LogP contribution in [0.3, 0.4) is 0 Å². The summed E-state index contributed by atoms with van der Waals surface area (Å²) in [5.41, 5.74) is 5.77. The van der Waals surface area contributed by atoms with Gasteiger partial charge in [-0.15, -0.1) is 0 Å². The van der Waals surface area contributed by atoms with Crippen molar-refractivity contribution in [3.05, 3.63) is 6.33 Å². The molecule has 94 valence electrons. The molecule has 3 N–H and O–H groups in total. The first-order chi connectivity index (χ1) is 8.27. The lowest BCUT2D eigenvalue weighted by atomic mass is 10.1. The minimum atomic E-state index is 0.185. The molecule has 1 aromatic heterocycles. The molecule has 1 atom stereocenters. The highest BCUT2D eigenvalue weighted by Crippen LogP contribution is 2.35. The van der Waals surface area contributed by atoms with Gasteiger partial charge >= 0.3 is 0 Å². The third kappa shape index (κ3) is 2.26. The van der Waals surface area contributed by atoms with E-state index in [1.54, 1.807) is 7.11 Å². The molecule has 1 fully saturated rings. The number of aromatic nitrogens is 2. The second kappa shape index (κ2) is 5.18. The van der Waals surface area contributed by atoms with Crippen LogP contribution < -0.4 is 15.4 Å². The quantitative estimate of drug-likeness (QED) is 0.790. The molecule has 0 spiro atoms. The maximum Gasteiger partial charge on any atom is 0.204 e. The van der Waals surface area contributed by atoms with Crippen LogP contribution in [0.15, 0.2) is 6.33 Å². The predicted octanol–water partition coefficient (Wildman–Crippen LogP) is 0.419. The zero-order valence-electron chi connectivity index (χ0n) is 9.96. The van der Waals surface area contributed by atoms with E-state index in [9.17, 15) is 0 Å². The minimum absolute atomic E-state index is 0.185. The molecular formula is C11H18N4O2. The summed E-state index contributed by atoms with van der Waals surface area (Å²) in [7, 11) is 1.57. The summed E-state index contributed by atoms with van der Waals surface area (Å²) < 4.78 is 5.26. The number of nitrogen functional groups attached to an aromatic ring is 1. The van der Waals surface area contributed by atoms with Gasteiger partial charge in [-0.25, -0.2) is 9.97 Å². The third-order valence-corrected chi connectivity index (χ3v) is 3.13. The summed E-state index contributed by atoms with van der Waals surface area (Å²) in [4.78, 5) is 10.3. The van der Waals surface area contributed by atoms with Gasteiger partial charge in [0.05, 0.1) is 7.11 Å². The number of hydrogen-bond acceptors (Lipinski definition) is 6. The Kier molecular flexibility index (Phi) is 3.63. The zero-order valence-corrected chi connectivity index (χ0v) is 9.96. The predicted molar refractivity (Wildman–Crippen MR) is 65.1 cm³/mol. The lowest BCUT2D eigenvalue weighted by molar-refractivity contribution is 0.275. The van der Waals surface area contributed by atoms with Crippen molar-refractivity contribution in [2.45, 2.75) is 25.3 Å². The van der Waals surface area contributed by atoms with E-state index >= 15 is 0 Å². The Balaban J connectivity index is 2.29. The summed E-state index contributed by atoms with van der Waals surface area (Å²) in [5.74, 6) is 1.61. The molecule has 1 aromatic rings. The van der Waals surface area contributed by atoms with Gasteiger partial charge in [-0.2, -0.15) is 0 Å². The van der Waals surface area contributed by atoms with Gasteiger partial charge in [0.15, 0.2) is 11.6 Å². The van der Waals surface area contributed by atoms with Crippen LogP contribution in [-0.4, -0.2) is 41.4 Å². The lowest BCUT2D eigenvalue weighted by Crippen LogP contribution is -2.31. The fourth-order valence-corrected chi connectivity index (χ4v) is 2.34. The average Bonchev–Trinajstić information content (AvgIpc) is 2.77. The van der Waals surface area contributed by atoms with Gasteiger partial charge in [-0.3, -0.25) is 0 Å². The Bertz CT molecular complexity index is 386. The van der Waals surface area contributed by atoms with E-state index in [4.69, 9.17) is 15.6 Å². The Morgan fingerprint density at radius 1 is 1.59 bits per heavy atom. The van der Waals surface area contributed by atoms with Gasteiger partial charge in [0, 0.05) is 19.2 Å². The topological polar surface area (TPSA) is 84.5 Å². The fraction of sp³-hybridized carbons (Fsp3) is 0.636. The molecule has 2 rings (SSSR count). The maximum absolute atomic E-state index is 9.06. The lowest BCUT2D eigenvalue weighted by Gasteiger charge is -2.26. The zero-order chi connectivity index (χ0) is 12.3. The number of aliphatic hydroxyl groups is 1. The minimum Gasteiger partial charge on any atom is -0.490 e. The molecule has 1 saturated heterocycles. The third-order valence-electron chi connectivity index (χ3n) is 3.13. The van der Waals surface area contributed by atoms with Crippen molar-refractivity contribution in [2.24, 2.45) is 0 Å². The summed E-state index contributed by atoms with van der Waals surface area (Å²) in [6, 6.07) is 0.309. The van der Waals surface area contributed by atoms with Crippen LogP contribution in [0.25, 0.3) is 0 Å². The number of aliphatic hydroxyl groups excluding tert-OH is 1. The van der Waals surface area contributed by atoms with E-state index in [2.05, 4.69) is 14.9 Å². The largest absolute Gasteiger partial charge is 0.490 e. The average molecular weight is 238 g/mol. The Morgan fingerprint density at radius 2 is 2.41 bits per heavy atom. The molecule has 1 aliphatic heterocycles. The van der Waals surface area contributed by atoms with Gasteiger partial charge < -0.3 is 20.5 Å². The molecule has 17 heavy (non-hydrogen) atoms. The van der Waals surface area contributed by atoms with Gasteiger partial charge in [0.25, 0.3) is 0 Å². The van der Waals surface area contributed by atoms with Crippen LogP contribution in [0, 0.1) is 0 Å². The first-order valence-corrected chi connectivity index (χ1v) is 5.80. The van der Waals surface area contributed by atoms with Crippen LogP contribution in [-0.2, 0) is 0 Å². The normalized spacial score (nSPS) is 19.6. The standard InChI is InChI=1S/C11H18N4O2/c1-17-9-10(12)13-7-14-11(9)15-5-2-3-8(15)4-6-16/h7-8,16H,2-6H2,1H3,(H2,12,13,14). The van der Waals surface area contributed by atoms with Gasteiger partial charge in [0.1, 0.15) is 6.33 Å². The van der Waals surface area contributed by atoms with Crippen LogP contribution in [0.1, 0.15) is 19.3 Å². The maximum atomic E-state index is 9.06. The molecule has 0 radical (unpaired) electrons. The van der Waals surface area contributed by atoms with E-state index in [-0.39, 0.29) is 6.61 Å². The Hall–Kier alpha value is -1.56. The van der Waals surface area contributed by atoms with Crippen LogP contribution in [0.4, 0.5) is 11.6 Å².